The number of rotatable bonds is 6. The first-order valence-corrected chi connectivity index (χ1v) is 8.31. The molecule has 1 unspecified atom stereocenters. The molecule has 2 amide bonds. The molecule has 0 saturated carbocycles. The van der Waals surface area contributed by atoms with Crippen molar-refractivity contribution < 1.29 is 14.3 Å². The number of benzene rings is 2. The highest BCUT2D eigenvalue weighted by Gasteiger charge is 2.17. The maximum absolute atomic E-state index is 12.0. The van der Waals surface area contributed by atoms with Crippen LogP contribution in [-0.2, 0) is 4.79 Å². The minimum absolute atomic E-state index is 0. The van der Waals surface area contributed by atoms with Gasteiger partial charge in [0.2, 0.25) is 11.8 Å². The van der Waals surface area contributed by atoms with E-state index in [9.17, 15) is 9.59 Å². The smallest absolute Gasteiger partial charge is 0.248 e. The van der Waals surface area contributed by atoms with Gasteiger partial charge in [0, 0.05) is 23.7 Å². The average Bonchev–Trinajstić information content (AvgIpc) is 3.10. The molecule has 0 bridgehead atoms. The third-order valence-corrected chi connectivity index (χ3v) is 4.09. The number of halogens is 1. The molecule has 1 aliphatic rings. The summed E-state index contributed by atoms with van der Waals surface area (Å²) in [5.41, 5.74) is 6.38. The zero-order valence-corrected chi connectivity index (χ0v) is 15.1. The Balaban J connectivity index is 0.00000243. The van der Waals surface area contributed by atoms with E-state index in [1.165, 1.54) is 0 Å². The summed E-state index contributed by atoms with van der Waals surface area (Å²) in [6.45, 7) is 0.987. The molecule has 2 aromatic rings. The third kappa shape index (κ3) is 5.47. The first-order chi connectivity index (χ1) is 12.1. The lowest BCUT2D eigenvalue weighted by Gasteiger charge is -2.11. The van der Waals surface area contributed by atoms with Crippen LogP contribution in [0.3, 0.4) is 0 Å². The molecular weight excluding hydrogens is 354 g/mol. The first kappa shape index (κ1) is 19.8. The summed E-state index contributed by atoms with van der Waals surface area (Å²) >= 11 is 0. The van der Waals surface area contributed by atoms with Crippen LogP contribution in [0, 0.1) is 0 Å². The second kappa shape index (κ2) is 9.22. The molecule has 138 valence electrons. The van der Waals surface area contributed by atoms with Crippen LogP contribution in [-0.4, -0.2) is 24.4 Å². The molecule has 0 spiro atoms. The van der Waals surface area contributed by atoms with E-state index >= 15 is 0 Å². The van der Waals surface area contributed by atoms with Gasteiger partial charge in [-0.1, -0.05) is 6.07 Å². The van der Waals surface area contributed by atoms with Gasteiger partial charge < -0.3 is 21.1 Å². The zero-order valence-electron chi connectivity index (χ0n) is 14.2. The number of nitrogens with one attached hydrogen (secondary N) is 2. The zero-order chi connectivity index (χ0) is 17.6. The van der Waals surface area contributed by atoms with Gasteiger partial charge in [0.15, 0.2) is 0 Å². The fraction of sp³-hybridized carbons (Fsp3) is 0.263. The van der Waals surface area contributed by atoms with E-state index in [1.54, 1.807) is 48.5 Å². The highest BCUT2D eigenvalue weighted by Crippen LogP contribution is 2.24. The fourth-order valence-electron chi connectivity index (χ4n) is 2.82. The largest absolute Gasteiger partial charge is 0.457 e. The summed E-state index contributed by atoms with van der Waals surface area (Å²) < 4.78 is 5.71. The molecule has 0 aromatic heterocycles. The van der Waals surface area contributed by atoms with Crippen molar-refractivity contribution in [3.63, 3.8) is 0 Å². The van der Waals surface area contributed by atoms with E-state index in [1.807, 2.05) is 0 Å². The third-order valence-electron chi connectivity index (χ3n) is 4.09. The van der Waals surface area contributed by atoms with Gasteiger partial charge in [0.1, 0.15) is 11.5 Å². The summed E-state index contributed by atoms with van der Waals surface area (Å²) in [4.78, 5) is 23.2. The number of carbonyl (C=O) groups excluding carboxylic acids is 2. The van der Waals surface area contributed by atoms with Gasteiger partial charge in [-0.2, -0.15) is 0 Å². The predicted molar refractivity (Wildman–Crippen MR) is 103 cm³/mol. The van der Waals surface area contributed by atoms with Gasteiger partial charge in [-0.25, -0.2) is 0 Å². The lowest BCUT2D eigenvalue weighted by atomic mass is 10.1. The maximum Gasteiger partial charge on any atom is 0.248 e. The average molecular weight is 376 g/mol. The molecule has 3 rings (SSSR count). The minimum atomic E-state index is -0.500. The van der Waals surface area contributed by atoms with Crippen LogP contribution in [0.1, 0.15) is 29.6 Å². The topological polar surface area (TPSA) is 93.5 Å². The normalized spacial score (nSPS) is 15.8. The van der Waals surface area contributed by atoms with Crippen LogP contribution in [0.15, 0.2) is 48.5 Å². The maximum atomic E-state index is 12.0. The molecule has 1 heterocycles. The Kier molecular flexibility index (Phi) is 7.00. The number of nitrogens with two attached hydrogens (primary N) is 1. The lowest BCUT2D eigenvalue weighted by molar-refractivity contribution is -0.116. The molecule has 7 heteroatoms. The van der Waals surface area contributed by atoms with E-state index in [4.69, 9.17) is 10.5 Å². The van der Waals surface area contributed by atoms with Crippen molar-refractivity contribution in [1.82, 2.24) is 5.32 Å². The van der Waals surface area contributed by atoms with E-state index in [0.29, 0.717) is 23.5 Å². The highest BCUT2D eigenvalue weighted by atomic mass is 35.5. The molecule has 6 nitrogen and oxygen atoms in total. The van der Waals surface area contributed by atoms with E-state index in [2.05, 4.69) is 10.6 Å². The number of primary amides is 1. The monoisotopic (exact) mass is 375 g/mol. The van der Waals surface area contributed by atoms with Crippen LogP contribution in [0.4, 0.5) is 5.69 Å². The Morgan fingerprint density at radius 3 is 2.58 bits per heavy atom. The van der Waals surface area contributed by atoms with E-state index in [0.717, 1.165) is 25.1 Å². The Bertz CT molecular complexity index is 759. The minimum Gasteiger partial charge on any atom is -0.457 e. The number of amides is 2. The molecule has 2 aromatic carbocycles. The van der Waals surface area contributed by atoms with Gasteiger partial charge in [-0.05, 0) is 61.9 Å². The molecule has 26 heavy (non-hydrogen) atoms. The fourth-order valence-corrected chi connectivity index (χ4v) is 2.82. The van der Waals surface area contributed by atoms with Crippen molar-refractivity contribution in [2.45, 2.75) is 25.3 Å². The van der Waals surface area contributed by atoms with Crippen molar-refractivity contribution >= 4 is 29.9 Å². The molecule has 4 N–H and O–H groups in total. The van der Waals surface area contributed by atoms with E-state index in [-0.39, 0.29) is 24.4 Å². The number of ether oxygens (including phenoxy) is 1. The van der Waals surface area contributed by atoms with Crippen molar-refractivity contribution in [2.24, 2.45) is 5.73 Å². The predicted octanol–water partition coefficient (Wildman–Crippen LogP) is 3.08. The van der Waals surface area contributed by atoms with Crippen LogP contribution in [0.5, 0.6) is 11.5 Å². The van der Waals surface area contributed by atoms with Crippen molar-refractivity contribution in [1.29, 1.82) is 0 Å². The molecule has 1 atom stereocenters. The number of hydrogen-bond acceptors (Lipinski definition) is 4. The highest BCUT2D eigenvalue weighted by molar-refractivity contribution is 5.93. The summed E-state index contributed by atoms with van der Waals surface area (Å²) in [5, 5.41) is 6.20. The van der Waals surface area contributed by atoms with Gasteiger partial charge in [0.05, 0.1) is 0 Å². The molecule has 1 aliphatic heterocycles. The van der Waals surface area contributed by atoms with Crippen LogP contribution in [0.25, 0.3) is 0 Å². The summed E-state index contributed by atoms with van der Waals surface area (Å²) in [6, 6.07) is 14.1. The molecule has 1 saturated heterocycles. The Morgan fingerprint density at radius 1 is 1.15 bits per heavy atom. The van der Waals surface area contributed by atoms with Gasteiger partial charge in [-0.3, -0.25) is 9.59 Å². The van der Waals surface area contributed by atoms with Crippen molar-refractivity contribution in [3.05, 3.63) is 54.1 Å². The SMILES string of the molecule is Cl.NC(=O)c1cccc(Oc2ccc(NC(=O)CC3CCCN3)cc2)c1. The molecule has 0 radical (unpaired) electrons. The van der Waals surface area contributed by atoms with Gasteiger partial charge in [-0.15, -0.1) is 12.4 Å². The standard InChI is InChI=1S/C19H21N3O3.ClH/c20-19(24)13-3-1-5-17(11-13)25-16-8-6-14(7-9-16)22-18(23)12-15-4-2-10-21-15;/h1,3,5-9,11,15,21H,2,4,10,12H2,(H2,20,24)(H,22,23);1H. The quantitative estimate of drug-likeness (QED) is 0.723. The molecule has 1 fully saturated rings. The first-order valence-electron chi connectivity index (χ1n) is 8.31. The van der Waals surface area contributed by atoms with Crippen molar-refractivity contribution in [2.75, 3.05) is 11.9 Å². The second-order valence-corrected chi connectivity index (χ2v) is 6.06. The van der Waals surface area contributed by atoms with Gasteiger partial charge >= 0.3 is 0 Å². The van der Waals surface area contributed by atoms with Crippen molar-refractivity contribution in [3.8, 4) is 11.5 Å². The van der Waals surface area contributed by atoms with Crippen LogP contribution in [0.2, 0.25) is 0 Å². The van der Waals surface area contributed by atoms with Crippen LogP contribution < -0.4 is 21.1 Å². The van der Waals surface area contributed by atoms with Crippen LogP contribution >= 0.6 is 12.4 Å². The Morgan fingerprint density at radius 2 is 1.92 bits per heavy atom. The number of hydrogen-bond donors (Lipinski definition) is 3. The van der Waals surface area contributed by atoms with Gasteiger partial charge in [0.25, 0.3) is 0 Å². The summed E-state index contributed by atoms with van der Waals surface area (Å²) in [6.07, 6.45) is 2.66. The Hall–Kier alpha value is -2.57. The second-order valence-electron chi connectivity index (χ2n) is 6.06. The molecular formula is C19H22ClN3O3. The summed E-state index contributed by atoms with van der Waals surface area (Å²) in [5.74, 6) is 0.639. The van der Waals surface area contributed by atoms with E-state index < -0.39 is 5.91 Å². The Labute approximate surface area is 158 Å². The lowest BCUT2D eigenvalue weighted by Crippen LogP contribution is -2.27. The number of carbonyl (C=O) groups is 2. The summed E-state index contributed by atoms with van der Waals surface area (Å²) in [7, 11) is 0. The number of anilines is 1. The molecule has 0 aliphatic carbocycles.